The van der Waals surface area contributed by atoms with Gasteiger partial charge >= 0.3 is 5.97 Å². The number of carbonyl (C=O) groups is 2. The number of hydrogen-bond donors (Lipinski definition) is 1. The number of benzene rings is 2. The summed E-state index contributed by atoms with van der Waals surface area (Å²) in [5, 5.41) is 2.58. The zero-order valence-corrected chi connectivity index (χ0v) is 17.7. The van der Waals surface area contributed by atoms with Crippen LogP contribution in [0.25, 0.3) is 0 Å². The van der Waals surface area contributed by atoms with Crippen LogP contribution < -0.4 is 5.32 Å². The molecule has 2 aromatic rings. The smallest absolute Gasteiger partial charge is 0.338 e. The van der Waals surface area contributed by atoms with Crippen molar-refractivity contribution in [2.45, 2.75) is 31.6 Å². The summed E-state index contributed by atoms with van der Waals surface area (Å²) in [4.78, 5) is 24.1. The van der Waals surface area contributed by atoms with E-state index < -0.39 is 28.5 Å². The molecule has 0 saturated carbocycles. The number of anilines is 1. The molecule has 0 bridgehead atoms. The minimum atomic E-state index is -3.56. The molecule has 29 heavy (non-hydrogen) atoms. The van der Waals surface area contributed by atoms with Gasteiger partial charge in [0.2, 0.25) is 10.0 Å². The van der Waals surface area contributed by atoms with Gasteiger partial charge in [0.25, 0.3) is 5.91 Å². The van der Waals surface area contributed by atoms with Gasteiger partial charge in [-0.05, 0) is 49.7 Å². The molecule has 0 aliphatic carbocycles. The number of amides is 1. The molecule has 7 nitrogen and oxygen atoms in total. The van der Waals surface area contributed by atoms with Gasteiger partial charge in [0.15, 0.2) is 6.61 Å². The van der Waals surface area contributed by atoms with E-state index in [4.69, 9.17) is 4.74 Å². The highest BCUT2D eigenvalue weighted by Crippen LogP contribution is 2.18. The summed E-state index contributed by atoms with van der Waals surface area (Å²) < 4.78 is 31.3. The Morgan fingerprint density at radius 2 is 1.79 bits per heavy atom. The molecule has 2 rings (SSSR count). The van der Waals surface area contributed by atoms with E-state index in [1.165, 1.54) is 28.6 Å². The molecule has 0 spiro atoms. The van der Waals surface area contributed by atoms with Crippen molar-refractivity contribution in [2.24, 2.45) is 0 Å². The van der Waals surface area contributed by atoms with E-state index >= 15 is 0 Å². The Morgan fingerprint density at radius 1 is 1.10 bits per heavy atom. The summed E-state index contributed by atoms with van der Waals surface area (Å²) in [6.07, 6.45) is 1.68. The molecule has 156 valence electrons. The highest BCUT2D eigenvalue weighted by molar-refractivity contribution is 7.89. The number of esters is 1. The lowest BCUT2D eigenvalue weighted by molar-refractivity contribution is -0.119. The van der Waals surface area contributed by atoms with Gasteiger partial charge in [0, 0.05) is 19.3 Å². The summed E-state index contributed by atoms with van der Waals surface area (Å²) in [7, 11) is -2.02. The third-order valence-electron chi connectivity index (χ3n) is 4.26. The molecule has 0 saturated heterocycles. The lowest BCUT2D eigenvalue weighted by atomic mass is 10.1. The monoisotopic (exact) mass is 418 g/mol. The fraction of sp³-hybridized carbons (Fsp3) is 0.333. The summed E-state index contributed by atoms with van der Waals surface area (Å²) in [5.74, 6) is -1.10. The van der Waals surface area contributed by atoms with Crippen LogP contribution >= 0.6 is 0 Å². The average Bonchev–Trinajstić information content (AvgIpc) is 2.70. The molecule has 0 radical (unpaired) electrons. The Hall–Kier alpha value is -2.71. The van der Waals surface area contributed by atoms with Crippen molar-refractivity contribution in [3.63, 3.8) is 0 Å². The molecular weight excluding hydrogens is 392 g/mol. The number of nitrogens with one attached hydrogen (secondary N) is 1. The Balaban J connectivity index is 1.92. The zero-order valence-electron chi connectivity index (χ0n) is 16.8. The second-order valence-corrected chi connectivity index (χ2v) is 8.74. The number of sulfonamides is 1. The maximum absolute atomic E-state index is 12.5. The van der Waals surface area contributed by atoms with Gasteiger partial charge in [-0.2, -0.15) is 0 Å². The van der Waals surface area contributed by atoms with Crippen molar-refractivity contribution in [2.75, 3.05) is 25.5 Å². The van der Waals surface area contributed by atoms with Gasteiger partial charge in [0.05, 0.1) is 10.5 Å². The van der Waals surface area contributed by atoms with Crippen molar-refractivity contribution in [3.05, 3.63) is 59.7 Å². The number of carbonyl (C=O) groups excluding carboxylic acids is 2. The largest absolute Gasteiger partial charge is 0.452 e. The fourth-order valence-electron chi connectivity index (χ4n) is 2.57. The first-order valence-corrected chi connectivity index (χ1v) is 10.8. The highest BCUT2D eigenvalue weighted by Gasteiger charge is 2.20. The second-order valence-electron chi connectivity index (χ2n) is 6.70. The quantitative estimate of drug-likeness (QED) is 0.631. The molecular formula is C21H26N2O5S. The first-order chi connectivity index (χ1) is 13.7. The standard InChI is InChI=1S/C21H26N2O5S/c1-4-5-13-23(3)29(26,27)19-11-9-18(10-12-19)22-20(24)15-28-21(25)17-8-6-7-16(2)14-17/h6-12,14H,4-5,13,15H2,1-3H3,(H,22,24). The Morgan fingerprint density at radius 3 is 2.41 bits per heavy atom. The first kappa shape index (κ1) is 22.6. The van der Waals surface area contributed by atoms with E-state index in [0.29, 0.717) is 17.8 Å². The number of ether oxygens (including phenoxy) is 1. The predicted molar refractivity (Wildman–Crippen MR) is 111 cm³/mol. The van der Waals surface area contributed by atoms with Gasteiger partial charge in [-0.3, -0.25) is 4.79 Å². The van der Waals surface area contributed by atoms with E-state index in [9.17, 15) is 18.0 Å². The van der Waals surface area contributed by atoms with Crippen LogP contribution in [-0.2, 0) is 19.6 Å². The van der Waals surface area contributed by atoms with Gasteiger partial charge in [-0.25, -0.2) is 17.5 Å². The van der Waals surface area contributed by atoms with Crippen LogP contribution in [0.3, 0.4) is 0 Å². The number of aryl methyl sites for hydroxylation is 1. The van der Waals surface area contributed by atoms with Crippen LogP contribution in [0.2, 0.25) is 0 Å². The highest BCUT2D eigenvalue weighted by atomic mass is 32.2. The van der Waals surface area contributed by atoms with E-state index in [0.717, 1.165) is 18.4 Å². The van der Waals surface area contributed by atoms with Crippen molar-refractivity contribution >= 4 is 27.6 Å². The van der Waals surface area contributed by atoms with Crippen molar-refractivity contribution in [1.29, 1.82) is 0 Å². The van der Waals surface area contributed by atoms with Crippen molar-refractivity contribution in [3.8, 4) is 0 Å². The van der Waals surface area contributed by atoms with Gasteiger partial charge < -0.3 is 10.1 Å². The third kappa shape index (κ3) is 6.40. The molecule has 1 amide bonds. The maximum Gasteiger partial charge on any atom is 0.338 e. The van der Waals surface area contributed by atoms with Gasteiger partial charge in [-0.1, -0.05) is 31.0 Å². The Labute approximate surface area is 171 Å². The van der Waals surface area contributed by atoms with Crippen LogP contribution in [0.5, 0.6) is 0 Å². The third-order valence-corrected chi connectivity index (χ3v) is 6.13. The average molecular weight is 419 g/mol. The predicted octanol–water partition coefficient (Wildman–Crippen LogP) is 3.21. The second kappa shape index (κ2) is 10.2. The maximum atomic E-state index is 12.5. The summed E-state index contributed by atoms with van der Waals surface area (Å²) >= 11 is 0. The number of rotatable bonds is 9. The number of unbranched alkanes of at least 4 members (excludes halogenated alkanes) is 1. The van der Waals surface area contributed by atoms with E-state index in [-0.39, 0.29) is 4.90 Å². The minimum absolute atomic E-state index is 0.153. The molecule has 0 aromatic heterocycles. The number of nitrogens with zero attached hydrogens (tertiary/aromatic N) is 1. The van der Waals surface area contributed by atoms with Crippen molar-refractivity contribution < 1.29 is 22.7 Å². The van der Waals surface area contributed by atoms with E-state index in [1.807, 2.05) is 19.9 Å². The first-order valence-electron chi connectivity index (χ1n) is 9.34. The van der Waals surface area contributed by atoms with Crippen LogP contribution in [0.1, 0.15) is 35.7 Å². The molecule has 0 unspecified atom stereocenters. The molecule has 0 aliphatic heterocycles. The van der Waals surface area contributed by atoms with Crippen LogP contribution in [0.4, 0.5) is 5.69 Å². The Bertz CT molecular complexity index is 955. The van der Waals surface area contributed by atoms with Gasteiger partial charge in [-0.15, -0.1) is 0 Å². The molecule has 2 aromatic carbocycles. The van der Waals surface area contributed by atoms with Gasteiger partial charge in [0.1, 0.15) is 0 Å². The molecule has 0 heterocycles. The lowest BCUT2D eigenvalue weighted by Gasteiger charge is -2.17. The zero-order chi connectivity index (χ0) is 21.4. The van der Waals surface area contributed by atoms with Crippen molar-refractivity contribution in [1.82, 2.24) is 4.31 Å². The van der Waals surface area contributed by atoms with E-state index in [1.54, 1.807) is 25.2 Å². The normalized spacial score (nSPS) is 11.3. The Kier molecular flexibility index (Phi) is 7.92. The topological polar surface area (TPSA) is 92.8 Å². The SMILES string of the molecule is CCCCN(C)S(=O)(=O)c1ccc(NC(=O)COC(=O)c2cccc(C)c2)cc1. The van der Waals surface area contributed by atoms with E-state index in [2.05, 4.69) is 5.32 Å². The summed E-state index contributed by atoms with van der Waals surface area (Å²) in [6.45, 7) is 3.86. The molecule has 0 atom stereocenters. The van der Waals surface area contributed by atoms with Crippen LogP contribution in [0, 0.1) is 6.92 Å². The van der Waals surface area contributed by atoms with Crippen LogP contribution in [0.15, 0.2) is 53.4 Å². The number of hydrogen-bond acceptors (Lipinski definition) is 5. The minimum Gasteiger partial charge on any atom is -0.452 e. The molecule has 0 fully saturated rings. The molecule has 1 N–H and O–H groups in total. The molecule has 8 heteroatoms. The van der Waals surface area contributed by atoms with Crippen LogP contribution in [-0.4, -0.2) is 44.8 Å². The fourth-order valence-corrected chi connectivity index (χ4v) is 3.78. The lowest BCUT2D eigenvalue weighted by Crippen LogP contribution is -2.28. The molecule has 0 aliphatic rings. The summed E-state index contributed by atoms with van der Waals surface area (Å²) in [5.41, 5.74) is 1.70. The summed E-state index contributed by atoms with van der Waals surface area (Å²) in [6, 6.07) is 12.8.